The minimum Gasteiger partial charge on any atom is -0.493 e. The van der Waals surface area contributed by atoms with Crippen molar-refractivity contribution in [1.29, 1.82) is 0 Å². The van der Waals surface area contributed by atoms with E-state index in [2.05, 4.69) is 5.32 Å². The summed E-state index contributed by atoms with van der Waals surface area (Å²) in [4.78, 5) is 12.7. The zero-order chi connectivity index (χ0) is 17.7. The molecule has 1 atom stereocenters. The first-order valence-electron chi connectivity index (χ1n) is 8.10. The highest BCUT2D eigenvalue weighted by molar-refractivity contribution is 5.96. The molecule has 0 fully saturated rings. The van der Waals surface area contributed by atoms with E-state index in [0.717, 1.165) is 23.1 Å². The van der Waals surface area contributed by atoms with Gasteiger partial charge in [0.25, 0.3) is 5.91 Å². The minimum absolute atomic E-state index is 0.0576. The summed E-state index contributed by atoms with van der Waals surface area (Å²) in [6, 6.07) is 11.6. The van der Waals surface area contributed by atoms with Crippen molar-refractivity contribution in [1.82, 2.24) is 5.32 Å². The van der Waals surface area contributed by atoms with Crippen LogP contribution >= 0.6 is 0 Å². The van der Waals surface area contributed by atoms with E-state index in [9.17, 15) is 4.79 Å². The molecular formula is C20H25NO3. The molecule has 128 valence electrons. The smallest absolute Gasteiger partial charge is 0.252 e. The maximum atomic E-state index is 12.7. The number of hydrogen-bond donors (Lipinski definition) is 1. The van der Waals surface area contributed by atoms with E-state index in [1.807, 2.05) is 57.2 Å². The molecule has 0 radical (unpaired) electrons. The second-order valence-electron chi connectivity index (χ2n) is 5.87. The molecule has 0 aliphatic rings. The monoisotopic (exact) mass is 327 g/mol. The Balaban J connectivity index is 2.26. The van der Waals surface area contributed by atoms with Crippen LogP contribution in [-0.4, -0.2) is 20.1 Å². The molecule has 0 saturated carbocycles. The molecule has 0 heterocycles. The fourth-order valence-corrected chi connectivity index (χ4v) is 2.71. The summed E-state index contributed by atoms with van der Waals surface area (Å²) in [6.45, 7) is 5.98. The number of aryl methyl sites for hydroxylation is 2. The third-order valence-corrected chi connectivity index (χ3v) is 4.16. The Labute approximate surface area is 143 Å². The topological polar surface area (TPSA) is 47.6 Å². The molecule has 4 heteroatoms. The quantitative estimate of drug-likeness (QED) is 0.865. The summed E-state index contributed by atoms with van der Waals surface area (Å²) >= 11 is 0. The van der Waals surface area contributed by atoms with Crippen LogP contribution in [0.4, 0.5) is 0 Å². The molecule has 2 aromatic rings. The molecule has 0 aliphatic carbocycles. The molecule has 0 bridgehead atoms. The molecule has 2 aromatic carbocycles. The second kappa shape index (κ2) is 7.86. The lowest BCUT2D eigenvalue weighted by Gasteiger charge is -2.20. The van der Waals surface area contributed by atoms with Crippen LogP contribution in [-0.2, 0) is 0 Å². The lowest BCUT2D eigenvalue weighted by molar-refractivity contribution is 0.0935. The predicted molar refractivity (Wildman–Crippen MR) is 96.0 cm³/mol. The van der Waals surface area contributed by atoms with E-state index in [1.54, 1.807) is 14.2 Å². The van der Waals surface area contributed by atoms with Gasteiger partial charge in [-0.15, -0.1) is 0 Å². The van der Waals surface area contributed by atoms with Gasteiger partial charge in [0.05, 0.1) is 20.3 Å². The van der Waals surface area contributed by atoms with Gasteiger partial charge in [0.15, 0.2) is 11.5 Å². The molecule has 0 aromatic heterocycles. The fourth-order valence-electron chi connectivity index (χ4n) is 2.71. The van der Waals surface area contributed by atoms with Gasteiger partial charge in [-0.3, -0.25) is 4.79 Å². The number of carbonyl (C=O) groups excluding carboxylic acids is 1. The van der Waals surface area contributed by atoms with Gasteiger partial charge in [0, 0.05) is 5.56 Å². The summed E-state index contributed by atoms with van der Waals surface area (Å²) in [5, 5.41) is 3.12. The number of amides is 1. The van der Waals surface area contributed by atoms with Gasteiger partial charge in [0.1, 0.15) is 0 Å². The maximum absolute atomic E-state index is 12.7. The fraction of sp³-hybridized carbons (Fsp3) is 0.350. The first kappa shape index (κ1) is 17.9. The maximum Gasteiger partial charge on any atom is 0.252 e. The summed E-state index contributed by atoms with van der Waals surface area (Å²) in [5.74, 6) is 1.28. The molecule has 1 N–H and O–H groups in total. The Morgan fingerprint density at radius 3 is 2.38 bits per heavy atom. The highest BCUT2D eigenvalue weighted by atomic mass is 16.5. The van der Waals surface area contributed by atoms with Gasteiger partial charge >= 0.3 is 0 Å². The van der Waals surface area contributed by atoms with Crippen LogP contribution in [0.5, 0.6) is 11.5 Å². The van der Waals surface area contributed by atoms with E-state index in [4.69, 9.17) is 9.47 Å². The van der Waals surface area contributed by atoms with Gasteiger partial charge in [0.2, 0.25) is 0 Å². The second-order valence-corrected chi connectivity index (χ2v) is 5.87. The van der Waals surface area contributed by atoms with Crippen LogP contribution in [0, 0.1) is 13.8 Å². The van der Waals surface area contributed by atoms with Gasteiger partial charge in [-0.1, -0.05) is 30.7 Å². The van der Waals surface area contributed by atoms with Crippen molar-refractivity contribution in [2.45, 2.75) is 33.2 Å². The number of carbonyl (C=O) groups is 1. The van der Waals surface area contributed by atoms with Crippen LogP contribution in [0.2, 0.25) is 0 Å². The van der Waals surface area contributed by atoms with Crippen molar-refractivity contribution in [3.63, 3.8) is 0 Å². The first-order chi connectivity index (χ1) is 11.5. The van der Waals surface area contributed by atoms with Gasteiger partial charge in [-0.05, 0) is 49.6 Å². The van der Waals surface area contributed by atoms with Crippen LogP contribution < -0.4 is 14.8 Å². The normalized spacial score (nSPS) is 11.7. The number of ether oxygens (including phenoxy) is 2. The van der Waals surface area contributed by atoms with E-state index in [0.29, 0.717) is 17.1 Å². The largest absolute Gasteiger partial charge is 0.493 e. The van der Waals surface area contributed by atoms with Crippen molar-refractivity contribution in [3.8, 4) is 11.5 Å². The SMILES string of the molecule is CC[C@@H](NC(=O)c1cc(C)ccc1C)c1ccc(OC)c(OC)c1. The highest BCUT2D eigenvalue weighted by Crippen LogP contribution is 2.31. The van der Waals surface area contributed by atoms with Gasteiger partial charge in [-0.25, -0.2) is 0 Å². The third-order valence-electron chi connectivity index (χ3n) is 4.16. The first-order valence-corrected chi connectivity index (χ1v) is 8.10. The van der Waals surface area contributed by atoms with Crippen LogP contribution in [0.25, 0.3) is 0 Å². The summed E-state index contributed by atoms with van der Waals surface area (Å²) in [7, 11) is 3.22. The minimum atomic E-state index is -0.0859. The van der Waals surface area contributed by atoms with Gasteiger partial charge < -0.3 is 14.8 Å². The molecule has 4 nitrogen and oxygen atoms in total. The average Bonchev–Trinajstić information content (AvgIpc) is 2.60. The van der Waals surface area contributed by atoms with Crippen molar-refractivity contribution in [2.75, 3.05) is 14.2 Å². The molecule has 0 saturated heterocycles. The summed E-state index contributed by atoms with van der Waals surface area (Å²) in [6.07, 6.45) is 0.784. The number of nitrogens with one attached hydrogen (secondary N) is 1. The molecule has 24 heavy (non-hydrogen) atoms. The lowest BCUT2D eigenvalue weighted by Crippen LogP contribution is -2.28. The molecular weight excluding hydrogens is 302 g/mol. The molecule has 0 spiro atoms. The van der Waals surface area contributed by atoms with Gasteiger partial charge in [-0.2, -0.15) is 0 Å². The highest BCUT2D eigenvalue weighted by Gasteiger charge is 2.17. The van der Waals surface area contributed by atoms with E-state index >= 15 is 0 Å². The zero-order valence-electron chi connectivity index (χ0n) is 15.0. The Morgan fingerprint density at radius 1 is 1.04 bits per heavy atom. The number of benzene rings is 2. The van der Waals surface area contributed by atoms with Crippen molar-refractivity contribution < 1.29 is 14.3 Å². The van der Waals surface area contributed by atoms with Crippen molar-refractivity contribution in [3.05, 3.63) is 58.7 Å². The number of hydrogen-bond acceptors (Lipinski definition) is 3. The van der Waals surface area contributed by atoms with Crippen molar-refractivity contribution >= 4 is 5.91 Å². The van der Waals surface area contributed by atoms with E-state index < -0.39 is 0 Å². The number of rotatable bonds is 6. The summed E-state index contributed by atoms with van der Waals surface area (Å²) < 4.78 is 10.6. The van der Waals surface area contributed by atoms with E-state index in [1.165, 1.54) is 0 Å². The molecule has 0 aliphatic heterocycles. The molecule has 2 rings (SSSR count). The molecule has 1 amide bonds. The Hall–Kier alpha value is -2.49. The summed E-state index contributed by atoms with van der Waals surface area (Å²) in [5.41, 5.74) is 3.76. The van der Waals surface area contributed by atoms with Crippen LogP contribution in [0.1, 0.15) is 46.4 Å². The Kier molecular flexibility index (Phi) is 5.85. The zero-order valence-corrected chi connectivity index (χ0v) is 15.0. The Bertz CT molecular complexity index is 725. The Morgan fingerprint density at radius 2 is 1.75 bits per heavy atom. The average molecular weight is 327 g/mol. The van der Waals surface area contributed by atoms with Crippen LogP contribution in [0.15, 0.2) is 36.4 Å². The van der Waals surface area contributed by atoms with Crippen molar-refractivity contribution in [2.24, 2.45) is 0 Å². The predicted octanol–water partition coefficient (Wildman–Crippen LogP) is 4.20. The van der Waals surface area contributed by atoms with E-state index in [-0.39, 0.29) is 11.9 Å². The molecule has 0 unspecified atom stereocenters. The standard InChI is InChI=1S/C20H25NO3/c1-6-17(15-9-10-18(23-4)19(12-15)24-5)21-20(22)16-11-13(2)7-8-14(16)3/h7-12,17H,6H2,1-5H3,(H,21,22)/t17-/m1/s1. The third kappa shape index (κ3) is 3.88. The lowest BCUT2D eigenvalue weighted by atomic mass is 10.0. The van der Waals surface area contributed by atoms with Crippen LogP contribution in [0.3, 0.4) is 0 Å². The number of methoxy groups -OCH3 is 2.